The zero-order chi connectivity index (χ0) is 14.5. The molecule has 1 fully saturated rings. The van der Waals surface area contributed by atoms with Gasteiger partial charge < -0.3 is 10.1 Å². The molecule has 0 aromatic heterocycles. The van der Waals surface area contributed by atoms with Crippen LogP contribution in [0.2, 0.25) is 0 Å². The molecule has 0 spiro atoms. The second kappa shape index (κ2) is 7.36. The average Bonchev–Trinajstić information content (AvgIpc) is 2.91. The predicted molar refractivity (Wildman–Crippen MR) is 85.2 cm³/mol. The molecule has 1 saturated heterocycles. The number of benzene rings is 1. The van der Waals surface area contributed by atoms with Gasteiger partial charge in [-0.15, -0.1) is 0 Å². The van der Waals surface area contributed by atoms with Crippen molar-refractivity contribution < 1.29 is 4.74 Å². The van der Waals surface area contributed by atoms with E-state index >= 15 is 0 Å². The van der Waals surface area contributed by atoms with Crippen molar-refractivity contribution in [3.05, 3.63) is 34.9 Å². The van der Waals surface area contributed by atoms with Gasteiger partial charge in [-0.05, 0) is 36.7 Å². The molecule has 0 aliphatic carbocycles. The van der Waals surface area contributed by atoms with Crippen molar-refractivity contribution in [1.82, 2.24) is 15.1 Å². The Kier molecular flexibility index (Phi) is 5.25. The highest BCUT2D eigenvalue weighted by Gasteiger charge is 2.19. The highest BCUT2D eigenvalue weighted by atomic mass is 16.5. The smallest absolute Gasteiger partial charge is 0.0594 e. The molecule has 4 heteroatoms. The van der Waals surface area contributed by atoms with Gasteiger partial charge in [-0.25, -0.2) is 0 Å². The van der Waals surface area contributed by atoms with Gasteiger partial charge in [-0.1, -0.05) is 18.2 Å². The minimum atomic E-state index is 0.906. The number of nitrogens with one attached hydrogen (secondary N) is 1. The van der Waals surface area contributed by atoms with E-state index in [2.05, 4.69) is 33.3 Å². The summed E-state index contributed by atoms with van der Waals surface area (Å²) in [5.74, 6) is 0. The third-order valence-corrected chi connectivity index (χ3v) is 4.49. The van der Waals surface area contributed by atoms with Gasteiger partial charge in [-0.2, -0.15) is 0 Å². The number of hydrogen-bond donors (Lipinski definition) is 1. The van der Waals surface area contributed by atoms with Gasteiger partial charge in [0.2, 0.25) is 0 Å². The summed E-state index contributed by atoms with van der Waals surface area (Å²) in [6.45, 7) is 9.64. The van der Waals surface area contributed by atoms with Crippen LogP contribution in [0.15, 0.2) is 18.2 Å². The molecular weight excluding hydrogens is 262 g/mol. The first-order valence-electron chi connectivity index (χ1n) is 8.13. The maximum Gasteiger partial charge on any atom is 0.0594 e. The van der Waals surface area contributed by atoms with Gasteiger partial charge in [0, 0.05) is 39.3 Å². The lowest BCUT2D eigenvalue weighted by molar-refractivity contribution is 0.0360. The second-order valence-electron chi connectivity index (χ2n) is 6.15. The number of morpholine rings is 1. The lowest BCUT2D eigenvalue weighted by atomic mass is 10.1. The maximum atomic E-state index is 5.40. The minimum absolute atomic E-state index is 0.906. The van der Waals surface area contributed by atoms with Crippen molar-refractivity contribution in [1.29, 1.82) is 0 Å². The van der Waals surface area contributed by atoms with Crippen LogP contribution in [0, 0.1) is 0 Å². The zero-order valence-corrected chi connectivity index (χ0v) is 13.1. The van der Waals surface area contributed by atoms with Crippen molar-refractivity contribution in [2.45, 2.75) is 26.1 Å². The second-order valence-corrected chi connectivity index (χ2v) is 6.15. The summed E-state index contributed by atoms with van der Waals surface area (Å²) in [6.07, 6.45) is 1.26. The van der Waals surface area contributed by atoms with E-state index in [-0.39, 0.29) is 0 Å². The van der Waals surface area contributed by atoms with Crippen molar-refractivity contribution >= 4 is 0 Å². The van der Waals surface area contributed by atoms with Crippen molar-refractivity contribution in [2.75, 3.05) is 46.4 Å². The number of fused-ring (bicyclic) bond motifs is 1. The molecule has 2 aliphatic rings. The molecule has 1 N–H and O–H groups in total. The van der Waals surface area contributed by atoms with Crippen LogP contribution in [0.25, 0.3) is 0 Å². The average molecular weight is 289 g/mol. The van der Waals surface area contributed by atoms with Crippen LogP contribution in [0.3, 0.4) is 0 Å². The zero-order valence-electron chi connectivity index (χ0n) is 13.1. The largest absolute Gasteiger partial charge is 0.379 e. The molecular formula is C17H27N3O. The fourth-order valence-electron chi connectivity index (χ4n) is 3.33. The van der Waals surface area contributed by atoms with E-state index in [4.69, 9.17) is 4.74 Å². The summed E-state index contributed by atoms with van der Waals surface area (Å²) in [5, 5.41) is 3.23. The first-order chi connectivity index (χ1) is 10.3. The van der Waals surface area contributed by atoms with Gasteiger partial charge in [0.1, 0.15) is 0 Å². The molecule has 0 atom stereocenters. The van der Waals surface area contributed by atoms with Gasteiger partial charge in [0.25, 0.3) is 0 Å². The van der Waals surface area contributed by atoms with Gasteiger partial charge in [-0.3, -0.25) is 9.80 Å². The van der Waals surface area contributed by atoms with Gasteiger partial charge in [0.15, 0.2) is 0 Å². The lowest BCUT2D eigenvalue weighted by Crippen LogP contribution is -2.37. The highest BCUT2D eigenvalue weighted by Crippen LogP contribution is 2.24. The first-order valence-corrected chi connectivity index (χ1v) is 8.13. The third-order valence-electron chi connectivity index (χ3n) is 4.49. The van der Waals surface area contributed by atoms with Crippen LogP contribution in [0.1, 0.15) is 23.1 Å². The number of rotatable bonds is 6. The SMILES string of the molecule is CNCc1ccc2c(c1)CN(CCCN1CCOCC1)C2. The third kappa shape index (κ3) is 4.04. The van der Waals surface area contributed by atoms with Crippen LogP contribution in [-0.2, 0) is 24.4 Å². The standard InChI is InChI=1S/C17H27N3O/c1-18-12-15-3-4-16-13-20(14-17(16)11-15)6-2-5-19-7-9-21-10-8-19/h3-4,11,18H,2,5-10,12-14H2,1H3. The lowest BCUT2D eigenvalue weighted by Gasteiger charge is -2.27. The Morgan fingerprint density at radius 3 is 2.62 bits per heavy atom. The van der Waals surface area contributed by atoms with E-state index in [0.717, 1.165) is 45.9 Å². The number of hydrogen-bond acceptors (Lipinski definition) is 4. The summed E-state index contributed by atoms with van der Waals surface area (Å²) in [4.78, 5) is 5.10. The van der Waals surface area contributed by atoms with E-state index in [1.165, 1.54) is 36.2 Å². The summed E-state index contributed by atoms with van der Waals surface area (Å²) >= 11 is 0. The van der Waals surface area contributed by atoms with Gasteiger partial charge in [0.05, 0.1) is 13.2 Å². The molecule has 21 heavy (non-hydrogen) atoms. The maximum absolute atomic E-state index is 5.40. The molecule has 2 heterocycles. The molecule has 1 aromatic carbocycles. The fourth-order valence-corrected chi connectivity index (χ4v) is 3.33. The van der Waals surface area contributed by atoms with Gasteiger partial charge >= 0.3 is 0 Å². The van der Waals surface area contributed by atoms with E-state index in [0.29, 0.717) is 0 Å². The Morgan fingerprint density at radius 2 is 1.81 bits per heavy atom. The van der Waals surface area contributed by atoms with Crippen LogP contribution in [0.4, 0.5) is 0 Å². The Bertz CT molecular complexity index is 457. The molecule has 0 amide bonds. The van der Waals surface area contributed by atoms with Crippen LogP contribution in [-0.4, -0.2) is 56.2 Å². The first kappa shape index (κ1) is 15.0. The Hall–Kier alpha value is -0.940. The van der Waals surface area contributed by atoms with Crippen LogP contribution < -0.4 is 5.32 Å². The molecule has 1 aromatic rings. The Morgan fingerprint density at radius 1 is 1.05 bits per heavy atom. The van der Waals surface area contributed by atoms with E-state index in [1.807, 2.05) is 7.05 Å². The molecule has 4 nitrogen and oxygen atoms in total. The molecule has 0 bridgehead atoms. The molecule has 0 unspecified atom stereocenters. The van der Waals surface area contributed by atoms with E-state index in [1.54, 1.807) is 0 Å². The molecule has 0 saturated carbocycles. The Labute approximate surface area is 128 Å². The minimum Gasteiger partial charge on any atom is -0.379 e. The summed E-state index contributed by atoms with van der Waals surface area (Å²) in [5.41, 5.74) is 4.43. The normalized spacial score (nSPS) is 19.9. The van der Waals surface area contributed by atoms with Crippen molar-refractivity contribution in [3.8, 4) is 0 Å². The molecule has 116 valence electrons. The summed E-state index contributed by atoms with van der Waals surface area (Å²) in [7, 11) is 2.01. The predicted octanol–water partition coefficient (Wildman–Crippen LogP) is 1.44. The monoisotopic (exact) mass is 289 g/mol. The Balaban J connectivity index is 1.44. The number of ether oxygens (including phenoxy) is 1. The summed E-state index contributed by atoms with van der Waals surface area (Å²) in [6, 6.07) is 6.93. The molecule has 0 radical (unpaired) electrons. The van der Waals surface area contributed by atoms with E-state index in [9.17, 15) is 0 Å². The fraction of sp³-hybridized carbons (Fsp3) is 0.647. The quantitative estimate of drug-likeness (QED) is 0.858. The van der Waals surface area contributed by atoms with Crippen LogP contribution in [0.5, 0.6) is 0 Å². The molecule has 2 aliphatic heterocycles. The summed E-state index contributed by atoms with van der Waals surface area (Å²) < 4.78 is 5.40. The molecule has 3 rings (SSSR count). The van der Waals surface area contributed by atoms with Crippen molar-refractivity contribution in [3.63, 3.8) is 0 Å². The highest BCUT2D eigenvalue weighted by molar-refractivity contribution is 5.34. The van der Waals surface area contributed by atoms with Crippen LogP contribution >= 0.6 is 0 Å². The topological polar surface area (TPSA) is 27.7 Å². The number of nitrogens with zero attached hydrogens (tertiary/aromatic N) is 2. The van der Waals surface area contributed by atoms with Crippen molar-refractivity contribution in [2.24, 2.45) is 0 Å². The van der Waals surface area contributed by atoms with E-state index < -0.39 is 0 Å².